The minimum atomic E-state index is -0.350. The van der Waals surface area contributed by atoms with Crippen LogP contribution in [0.25, 0.3) is 22.2 Å². The molecule has 3 aromatic rings. The van der Waals surface area contributed by atoms with Gasteiger partial charge in [-0.1, -0.05) is 51.1 Å². The third kappa shape index (κ3) is 4.62. The Morgan fingerprint density at radius 1 is 1.11 bits per heavy atom. The van der Waals surface area contributed by atoms with Crippen molar-refractivity contribution in [2.24, 2.45) is 11.1 Å². The van der Waals surface area contributed by atoms with Crippen LogP contribution in [0, 0.1) is 5.41 Å². The second-order valence-electron chi connectivity index (χ2n) is 7.91. The number of nitrogens with zero attached hydrogens (tertiary/aromatic N) is 2. The predicted octanol–water partition coefficient (Wildman–Crippen LogP) is 3.37. The molecule has 0 bridgehead atoms. The molecule has 0 amide bonds. The molecule has 0 fully saturated rings. The first-order valence-corrected chi connectivity index (χ1v) is 9.37. The molecule has 3 N–H and O–H groups in total. The molecule has 27 heavy (non-hydrogen) atoms. The number of nitrogens with two attached hydrogens (primary N) is 1. The summed E-state index contributed by atoms with van der Waals surface area (Å²) in [6.45, 7) is 8.47. The summed E-state index contributed by atoms with van der Waals surface area (Å²) in [4.78, 5) is 16.8. The first-order chi connectivity index (χ1) is 12.9. The van der Waals surface area contributed by atoms with Crippen LogP contribution in [0.1, 0.15) is 26.3 Å². The van der Waals surface area contributed by atoms with Crippen molar-refractivity contribution in [3.8, 4) is 11.1 Å². The maximum atomic E-state index is 12.3. The topological polar surface area (TPSA) is 72.9 Å². The molecule has 0 saturated carbocycles. The molecule has 3 rings (SSSR count). The van der Waals surface area contributed by atoms with Crippen LogP contribution in [0.15, 0.2) is 48.8 Å². The van der Waals surface area contributed by atoms with Crippen molar-refractivity contribution in [2.45, 2.75) is 33.9 Å². The summed E-state index contributed by atoms with van der Waals surface area (Å²) in [5, 5.41) is 3.30. The smallest absolute Gasteiger partial charge is 0.157 e. The van der Waals surface area contributed by atoms with E-state index in [0.717, 1.165) is 35.2 Å². The van der Waals surface area contributed by atoms with E-state index in [1.807, 2.05) is 31.4 Å². The van der Waals surface area contributed by atoms with Gasteiger partial charge in [0.1, 0.15) is 0 Å². The number of hydrogen-bond donors (Lipinski definition) is 2. The second-order valence-corrected chi connectivity index (χ2v) is 7.91. The maximum absolute atomic E-state index is 12.3. The van der Waals surface area contributed by atoms with E-state index in [4.69, 9.17) is 5.73 Å². The van der Waals surface area contributed by atoms with Crippen LogP contribution in [-0.2, 0) is 17.9 Å². The van der Waals surface area contributed by atoms with Gasteiger partial charge < -0.3 is 15.6 Å². The molecule has 0 aliphatic heterocycles. The van der Waals surface area contributed by atoms with E-state index in [9.17, 15) is 4.79 Å². The Labute approximate surface area is 160 Å². The van der Waals surface area contributed by atoms with Crippen molar-refractivity contribution in [3.05, 3.63) is 54.4 Å². The number of fused-ring (bicyclic) bond motifs is 1. The van der Waals surface area contributed by atoms with Crippen LogP contribution in [0.5, 0.6) is 0 Å². The molecular weight excluding hydrogens is 336 g/mol. The van der Waals surface area contributed by atoms with Crippen molar-refractivity contribution in [2.75, 3.05) is 13.1 Å². The molecule has 5 nitrogen and oxygen atoms in total. The quantitative estimate of drug-likeness (QED) is 0.631. The van der Waals surface area contributed by atoms with Gasteiger partial charge in [-0.25, -0.2) is 4.98 Å². The maximum Gasteiger partial charge on any atom is 0.157 e. The number of Topliss-reactive ketones (excluding diaryl/α,β-unsaturated/α-hetero) is 1. The summed E-state index contributed by atoms with van der Waals surface area (Å²) in [6, 6.07) is 14.7. The fourth-order valence-electron chi connectivity index (χ4n) is 2.91. The van der Waals surface area contributed by atoms with E-state index >= 15 is 0 Å². The summed E-state index contributed by atoms with van der Waals surface area (Å²) < 4.78 is 1.93. The van der Waals surface area contributed by atoms with Crippen LogP contribution in [0.3, 0.4) is 0 Å². The molecule has 0 aliphatic carbocycles. The lowest BCUT2D eigenvalue weighted by atomic mass is 9.91. The Balaban J connectivity index is 1.78. The minimum Gasteiger partial charge on any atom is -0.329 e. The minimum absolute atomic E-state index is 0.199. The SMILES string of the molecule is CC(C)(C)C(=O)Cn1cnc2cc(-c3ccc(CNCCN)cc3)ccc21. The molecule has 5 heteroatoms. The molecule has 0 spiro atoms. The van der Waals surface area contributed by atoms with Gasteiger partial charge >= 0.3 is 0 Å². The van der Waals surface area contributed by atoms with E-state index in [0.29, 0.717) is 13.1 Å². The number of carbonyl (C=O) groups is 1. The third-order valence-corrected chi connectivity index (χ3v) is 4.71. The van der Waals surface area contributed by atoms with Crippen molar-refractivity contribution in [1.82, 2.24) is 14.9 Å². The zero-order valence-electron chi connectivity index (χ0n) is 16.3. The Morgan fingerprint density at radius 2 is 1.81 bits per heavy atom. The highest BCUT2D eigenvalue weighted by Crippen LogP contribution is 2.25. The number of carbonyl (C=O) groups excluding carboxylic acids is 1. The van der Waals surface area contributed by atoms with Crippen molar-refractivity contribution < 1.29 is 4.79 Å². The number of benzene rings is 2. The van der Waals surface area contributed by atoms with Crippen molar-refractivity contribution in [3.63, 3.8) is 0 Å². The average Bonchev–Trinajstić information content (AvgIpc) is 3.04. The fraction of sp³-hybridized carbons (Fsp3) is 0.364. The lowest BCUT2D eigenvalue weighted by Crippen LogP contribution is -2.24. The molecule has 0 unspecified atom stereocenters. The molecular formula is C22H28N4O. The van der Waals surface area contributed by atoms with Gasteiger partial charge in [0.25, 0.3) is 0 Å². The van der Waals surface area contributed by atoms with E-state index < -0.39 is 0 Å². The van der Waals surface area contributed by atoms with Crippen molar-refractivity contribution in [1.29, 1.82) is 0 Å². The summed E-state index contributed by atoms with van der Waals surface area (Å²) in [6.07, 6.45) is 1.75. The number of aromatic nitrogens is 2. The number of hydrogen-bond acceptors (Lipinski definition) is 4. The third-order valence-electron chi connectivity index (χ3n) is 4.71. The molecule has 0 saturated heterocycles. The van der Waals surface area contributed by atoms with Gasteiger partial charge in [0.05, 0.1) is 23.9 Å². The highest BCUT2D eigenvalue weighted by atomic mass is 16.1. The average molecular weight is 364 g/mol. The van der Waals surface area contributed by atoms with Crippen LogP contribution in [0.2, 0.25) is 0 Å². The number of imidazole rings is 1. The summed E-state index contributed by atoms with van der Waals surface area (Å²) in [5.41, 5.74) is 10.5. The van der Waals surface area contributed by atoms with Crippen LogP contribution < -0.4 is 11.1 Å². The van der Waals surface area contributed by atoms with E-state index in [2.05, 4.69) is 46.7 Å². The highest BCUT2D eigenvalue weighted by Gasteiger charge is 2.21. The molecule has 142 valence electrons. The zero-order chi connectivity index (χ0) is 19.4. The molecule has 1 aromatic heterocycles. The number of rotatable bonds is 7. The molecule has 0 atom stereocenters. The van der Waals surface area contributed by atoms with Crippen LogP contribution >= 0.6 is 0 Å². The monoisotopic (exact) mass is 364 g/mol. The number of ketones is 1. The Morgan fingerprint density at radius 3 is 2.48 bits per heavy atom. The largest absolute Gasteiger partial charge is 0.329 e. The molecule has 0 aliphatic rings. The first-order valence-electron chi connectivity index (χ1n) is 9.37. The number of nitrogens with one attached hydrogen (secondary N) is 1. The normalized spacial score (nSPS) is 11.9. The highest BCUT2D eigenvalue weighted by molar-refractivity contribution is 5.87. The van der Waals surface area contributed by atoms with Crippen LogP contribution in [-0.4, -0.2) is 28.4 Å². The van der Waals surface area contributed by atoms with Gasteiger partial charge in [-0.2, -0.15) is 0 Å². The Bertz CT molecular complexity index is 920. The summed E-state index contributed by atoms with van der Waals surface area (Å²) in [7, 11) is 0. The van der Waals surface area contributed by atoms with E-state index in [-0.39, 0.29) is 11.2 Å². The van der Waals surface area contributed by atoms with Crippen LogP contribution in [0.4, 0.5) is 0 Å². The first kappa shape index (κ1) is 19.3. The van der Waals surface area contributed by atoms with Gasteiger partial charge in [0.2, 0.25) is 0 Å². The van der Waals surface area contributed by atoms with Gasteiger partial charge in [0, 0.05) is 25.0 Å². The summed E-state index contributed by atoms with van der Waals surface area (Å²) in [5.74, 6) is 0.199. The van der Waals surface area contributed by atoms with Gasteiger partial charge in [-0.15, -0.1) is 0 Å². The van der Waals surface area contributed by atoms with Crippen molar-refractivity contribution >= 4 is 16.8 Å². The Kier molecular flexibility index (Phi) is 5.73. The van der Waals surface area contributed by atoms with E-state index in [1.165, 1.54) is 5.56 Å². The standard InChI is InChI=1S/C22H28N4O/c1-22(2,3)21(27)14-26-15-25-19-12-18(8-9-20(19)26)17-6-4-16(5-7-17)13-24-11-10-23/h4-9,12,15,24H,10-11,13-14,23H2,1-3H3. The molecule has 1 heterocycles. The zero-order valence-corrected chi connectivity index (χ0v) is 16.3. The lowest BCUT2D eigenvalue weighted by molar-refractivity contribution is -0.126. The van der Waals surface area contributed by atoms with Gasteiger partial charge in [-0.05, 0) is 28.8 Å². The van der Waals surface area contributed by atoms with Gasteiger partial charge in [0.15, 0.2) is 5.78 Å². The fourth-order valence-corrected chi connectivity index (χ4v) is 2.91. The second kappa shape index (κ2) is 8.03. The van der Waals surface area contributed by atoms with E-state index in [1.54, 1.807) is 6.33 Å². The molecule has 0 radical (unpaired) electrons. The van der Waals surface area contributed by atoms with Gasteiger partial charge in [-0.3, -0.25) is 4.79 Å². The Hall–Kier alpha value is -2.50. The lowest BCUT2D eigenvalue weighted by Gasteiger charge is -2.17. The molecule has 2 aromatic carbocycles. The predicted molar refractivity (Wildman–Crippen MR) is 110 cm³/mol. The summed E-state index contributed by atoms with van der Waals surface area (Å²) >= 11 is 0.